The van der Waals surface area contributed by atoms with Crippen molar-refractivity contribution in [2.45, 2.75) is 71.6 Å². The van der Waals surface area contributed by atoms with Gasteiger partial charge in [-0.25, -0.2) is 19.2 Å². The van der Waals surface area contributed by atoms with Gasteiger partial charge in [0.2, 0.25) is 0 Å². The summed E-state index contributed by atoms with van der Waals surface area (Å²) >= 11 is 0. The van der Waals surface area contributed by atoms with Crippen LogP contribution < -0.4 is 0 Å². The molecular weight excluding hydrogens is 700 g/mol. The average molecular weight is 757 g/mol. The molecule has 5 rings (SSSR count). The van der Waals surface area contributed by atoms with Crippen LogP contribution in [0.25, 0.3) is 0 Å². The zero-order chi connectivity index (χ0) is 40.4. The second-order valence-electron chi connectivity index (χ2n) is 14.1. The summed E-state index contributed by atoms with van der Waals surface area (Å²) in [5, 5.41) is 34.0. The number of esters is 2. The SMILES string of the molecule is CC(C)(CO)CCCO.O=C(O)c1ccccc1.O=C(O)c1ccccc1.O=C(OCCC1(CCOC(=O)c2ccccc2)CCCCC1)c1ccccc1. The molecule has 0 heterocycles. The van der Waals surface area contributed by atoms with Gasteiger partial charge in [0, 0.05) is 13.2 Å². The van der Waals surface area contributed by atoms with Crippen LogP contribution in [0.1, 0.15) is 113 Å². The molecular formula is C45H56O10. The number of aromatic carboxylic acids is 2. The molecule has 10 nitrogen and oxygen atoms in total. The van der Waals surface area contributed by atoms with E-state index in [1.165, 1.54) is 19.3 Å². The number of ether oxygens (including phenoxy) is 2. The number of rotatable bonds is 14. The molecule has 1 saturated carbocycles. The molecule has 0 amide bonds. The topological polar surface area (TPSA) is 168 Å². The Morgan fingerprint density at radius 1 is 0.564 bits per heavy atom. The average Bonchev–Trinajstić information content (AvgIpc) is 3.22. The number of carbonyl (C=O) groups excluding carboxylic acids is 2. The predicted octanol–water partition coefficient (Wildman–Crippen LogP) is 8.98. The molecule has 1 aliphatic carbocycles. The van der Waals surface area contributed by atoms with Crippen LogP contribution in [0.4, 0.5) is 0 Å². The summed E-state index contributed by atoms with van der Waals surface area (Å²) in [5.41, 5.74) is 1.90. The number of carboxylic acids is 2. The minimum absolute atomic E-state index is 0.0112. The van der Waals surface area contributed by atoms with Gasteiger partial charge in [0.05, 0.1) is 35.5 Å². The van der Waals surface area contributed by atoms with Gasteiger partial charge in [0.25, 0.3) is 0 Å². The van der Waals surface area contributed by atoms with Gasteiger partial charge in [-0.15, -0.1) is 0 Å². The summed E-state index contributed by atoms with van der Waals surface area (Å²) in [6.07, 6.45) is 9.10. The maximum atomic E-state index is 12.2. The van der Waals surface area contributed by atoms with Gasteiger partial charge in [-0.2, -0.15) is 0 Å². The lowest BCUT2D eigenvalue weighted by atomic mass is 9.70. The summed E-state index contributed by atoms with van der Waals surface area (Å²) in [6, 6.07) is 34.7. The van der Waals surface area contributed by atoms with Crippen LogP contribution in [0.2, 0.25) is 0 Å². The first kappa shape index (κ1) is 45.8. The number of benzene rings is 4. The fourth-order valence-electron chi connectivity index (χ4n) is 5.76. The molecule has 4 aromatic rings. The zero-order valence-electron chi connectivity index (χ0n) is 32.0. The van der Waals surface area contributed by atoms with Crippen molar-refractivity contribution in [3.63, 3.8) is 0 Å². The van der Waals surface area contributed by atoms with Crippen molar-refractivity contribution in [3.8, 4) is 0 Å². The van der Waals surface area contributed by atoms with Crippen LogP contribution in [0.5, 0.6) is 0 Å². The molecule has 10 heteroatoms. The van der Waals surface area contributed by atoms with E-state index in [-0.39, 0.29) is 36.0 Å². The molecule has 1 fully saturated rings. The van der Waals surface area contributed by atoms with Crippen molar-refractivity contribution >= 4 is 23.9 Å². The van der Waals surface area contributed by atoms with Crippen molar-refractivity contribution in [2.75, 3.05) is 26.4 Å². The highest BCUT2D eigenvalue weighted by atomic mass is 16.5. The molecule has 1 aliphatic rings. The quantitative estimate of drug-likeness (QED) is 0.0912. The van der Waals surface area contributed by atoms with Gasteiger partial charge in [0.15, 0.2) is 0 Å². The molecule has 0 radical (unpaired) electrons. The van der Waals surface area contributed by atoms with Gasteiger partial charge in [-0.3, -0.25) is 0 Å². The largest absolute Gasteiger partial charge is 0.478 e. The number of aliphatic hydroxyl groups is 2. The molecule has 0 saturated heterocycles. The summed E-state index contributed by atoms with van der Waals surface area (Å²) in [4.78, 5) is 44.7. The highest BCUT2D eigenvalue weighted by Gasteiger charge is 2.32. The summed E-state index contributed by atoms with van der Waals surface area (Å²) in [6.45, 7) is 5.21. The van der Waals surface area contributed by atoms with Crippen LogP contribution in [0.3, 0.4) is 0 Å². The van der Waals surface area contributed by atoms with Crippen LogP contribution in [0, 0.1) is 10.8 Å². The number of hydrogen-bond acceptors (Lipinski definition) is 8. The molecule has 55 heavy (non-hydrogen) atoms. The van der Waals surface area contributed by atoms with Crippen molar-refractivity contribution in [3.05, 3.63) is 144 Å². The van der Waals surface area contributed by atoms with E-state index in [0.717, 1.165) is 38.5 Å². The van der Waals surface area contributed by atoms with Gasteiger partial charge >= 0.3 is 23.9 Å². The lowest BCUT2D eigenvalue weighted by Crippen LogP contribution is -2.28. The fraction of sp³-hybridized carbons (Fsp3) is 0.378. The van der Waals surface area contributed by atoms with Crippen molar-refractivity contribution in [2.24, 2.45) is 10.8 Å². The Morgan fingerprint density at radius 3 is 1.20 bits per heavy atom. The third-order valence-electron chi connectivity index (χ3n) is 9.15. The first-order chi connectivity index (χ1) is 26.4. The fourth-order valence-corrected chi connectivity index (χ4v) is 5.76. The van der Waals surface area contributed by atoms with Crippen molar-refractivity contribution < 1.29 is 49.1 Å². The third-order valence-corrected chi connectivity index (χ3v) is 9.15. The molecule has 0 spiro atoms. The Labute approximate surface area is 324 Å². The van der Waals surface area contributed by atoms with Crippen LogP contribution >= 0.6 is 0 Å². The minimum atomic E-state index is -0.879. The lowest BCUT2D eigenvalue weighted by molar-refractivity contribution is 0.0275. The second-order valence-corrected chi connectivity index (χ2v) is 14.1. The number of hydrogen-bond donors (Lipinski definition) is 4. The predicted molar refractivity (Wildman–Crippen MR) is 212 cm³/mol. The third kappa shape index (κ3) is 19.0. The summed E-state index contributed by atoms with van der Waals surface area (Å²) < 4.78 is 11.0. The van der Waals surface area contributed by atoms with Crippen LogP contribution in [-0.2, 0) is 9.47 Å². The van der Waals surface area contributed by atoms with Gasteiger partial charge in [0.1, 0.15) is 0 Å². The first-order valence-corrected chi connectivity index (χ1v) is 18.6. The Hall–Kier alpha value is -5.32. The molecule has 4 N–H and O–H groups in total. The monoisotopic (exact) mass is 756 g/mol. The van der Waals surface area contributed by atoms with Crippen LogP contribution in [0.15, 0.2) is 121 Å². The van der Waals surface area contributed by atoms with E-state index in [0.29, 0.717) is 35.5 Å². The molecule has 0 unspecified atom stereocenters. The lowest BCUT2D eigenvalue weighted by Gasteiger charge is -2.37. The number of carbonyl (C=O) groups is 4. The Morgan fingerprint density at radius 2 is 0.909 bits per heavy atom. The maximum absolute atomic E-state index is 12.2. The normalized spacial score (nSPS) is 12.8. The molecule has 4 aromatic carbocycles. The van der Waals surface area contributed by atoms with E-state index in [1.54, 1.807) is 84.9 Å². The second kappa shape index (κ2) is 25.7. The molecule has 0 aliphatic heterocycles. The van der Waals surface area contributed by atoms with Crippen LogP contribution in [-0.4, -0.2) is 70.7 Å². The van der Waals surface area contributed by atoms with E-state index in [4.69, 9.17) is 29.9 Å². The van der Waals surface area contributed by atoms with E-state index < -0.39 is 11.9 Å². The van der Waals surface area contributed by atoms with Crippen molar-refractivity contribution in [1.82, 2.24) is 0 Å². The summed E-state index contributed by atoms with van der Waals surface area (Å²) in [7, 11) is 0. The van der Waals surface area contributed by atoms with Gasteiger partial charge < -0.3 is 29.9 Å². The Balaban J connectivity index is 0.000000313. The van der Waals surface area contributed by atoms with E-state index in [1.807, 2.05) is 50.2 Å². The smallest absolute Gasteiger partial charge is 0.338 e. The molecule has 0 bridgehead atoms. The van der Waals surface area contributed by atoms with Gasteiger partial charge in [-0.05, 0) is 97.9 Å². The molecule has 0 atom stereocenters. The zero-order valence-corrected chi connectivity index (χ0v) is 32.0. The Bertz CT molecular complexity index is 1540. The van der Waals surface area contributed by atoms with E-state index >= 15 is 0 Å². The maximum Gasteiger partial charge on any atom is 0.338 e. The number of aliphatic hydroxyl groups excluding tert-OH is 2. The molecule has 0 aromatic heterocycles. The first-order valence-electron chi connectivity index (χ1n) is 18.6. The number of carboxylic acid groups (broad SMARTS) is 2. The van der Waals surface area contributed by atoms with Crippen molar-refractivity contribution in [1.29, 1.82) is 0 Å². The highest BCUT2D eigenvalue weighted by Crippen LogP contribution is 2.42. The molecule has 296 valence electrons. The minimum Gasteiger partial charge on any atom is -0.478 e. The van der Waals surface area contributed by atoms with E-state index in [9.17, 15) is 19.2 Å². The van der Waals surface area contributed by atoms with E-state index in [2.05, 4.69) is 0 Å². The Kier molecular flexibility index (Phi) is 21.4. The van der Waals surface area contributed by atoms with Gasteiger partial charge in [-0.1, -0.05) is 106 Å². The summed E-state index contributed by atoms with van der Waals surface area (Å²) in [5.74, 6) is -2.31. The standard InChI is InChI=1S/C24H28O4.2C7H6O2.C7H16O2/c25-22(20-10-4-1-5-11-20)27-18-16-24(14-8-3-9-15-24)17-19-28-23(26)21-12-6-2-7-13-21;2*8-7(9)6-4-2-1-3-5-6;1-7(2,6-9)4-3-5-8/h1-2,4-7,10-13H,3,8-9,14-19H2;2*1-5H,(H,8,9);8-9H,3-6H2,1-2H3. The highest BCUT2D eigenvalue weighted by molar-refractivity contribution is 5.90.